The van der Waals surface area contributed by atoms with Crippen molar-refractivity contribution in [3.63, 3.8) is 0 Å². The SMILES string of the molecule is C=C[C@@H]1[C@@H]2O[P+](=O)OC[C@H]3O[C@@H](n4cnc5c(N)ncnc54)[C@H](C)[C@@H]3O[P@@](C)(=O)OC[C@H]2O[C@H]1n1cnc2c(N)ncnc21. The van der Waals surface area contributed by atoms with E-state index in [9.17, 15) is 9.13 Å². The van der Waals surface area contributed by atoms with Crippen LogP contribution in [-0.2, 0) is 36.7 Å². The van der Waals surface area contributed by atoms with E-state index in [-0.39, 0.29) is 24.8 Å². The van der Waals surface area contributed by atoms with Crippen LogP contribution < -0.4 is 11.5 Å². The molecule has 4 aromatic heterocycles. The molecule has 3 saturated heterocycles. The Morgan fingerprint density at radius 1 is 0.932 bits per heavy atom. The lowest BCUT2D eigenvalue weighted by Gasteiger charge is -2.26. The topological polar surface area (TPSA) is 229 Å². The van der Waals surface area contributed by atoms with Crippen molar-refractivity contribution in [1.82, 2.24) is 39.0 Å². The second kappa shape index (κ2) is 11.2. The van der Waals surface area contributed by atoms with Gasteiger partial charge in [0, 0.05) is 17.1 Å². The zero-order chi connectivity index (χ0) is 30.7. The fraction of sp³-hybridized carbons (Fsp3) is 0.500. The molecule has 20 heteroatoms. The molecule has 3 aliphatic rings. The Hall–Kier alpha value is -3.47. The number of aromatic nitrogens is 8. The van der Waals surface area contributed by atoms with Gasteiger partial charge in [0.2, 0.25) is 0 Å². The molecule has 0 aromatic carbocycles. The van der Waals surface area contributed by atoms with Crippen molar-refractivity contribution < 1.29 is 36.7 Å². The van der Waals surface area contributed by atoms with Crippen molar-refractivity contribution in [2.45, 2.75) is 43.8 Å². The fourth-order valence-corrected chi connectivity index (χ4v) is 7.92. The third-order valence-corrected chi connectivity index (χ3v) is 9.99. The van der Waals surface area contributed by atoms with Crippen molar-refractivity contribution in [2.24, 2.45) is 11.8 Å². The first-order chi connectivity index (χ1) is 21.1. The number of fused-ring (bicyclic) bond motifs is 4. The molecule has 1 unspecified atom stereocenters. The number of nitrogens with two attached hydrogens (primary N) is 2. The van der Waals surface area contributed by atoms with Crippen LogP contribution in [0.3, 0.4) is 0 Å². The Morgan fingerprint density at radius 3 is 2.16 bits per heavy atom. The van der Waals surface area contributed by atoms with Gasteiger partial charge in [-0.25, -0.2) is 29.9 Å². The summed E-state index contributed by atoms with van der Waals surface area (Å²) < 4.78 is 66.4. The van der Waals surface area contributed by atoms with Crippen LogP contribution in [0.2, 0.25) is 0 Å². The van der Waals surface area contributed by atoms with Crippen LogP contribution in [0.15, 0.2) is 38.0 Å². The lowest BCUT2D eigenvalue weighted by atomic mass is 10.00. The van der Waals surface area contributed by atoms with Crippen molar-refractivity contribution in [3.05, 3.63) is 38.0 Å². The van der Waals surface area contributed by atoms with Gasteiger partial charge in [0.25, 0.3) is 0 Å². The van der Waals surface area contributed by atoms with Crippen LogP contribution in [0.5, 0.6) is 0 Å². The average molecular weight is 648 g/mol. The van der Waals surface area contributed by atoms with Gasteiger partial charge in [-0.1, -0.05) is 13.0 Å². The third kappa shape index (κ3) is 4.97. The molecule has 0 spiro atoms. The lowest BCUT2D eigenvalue weighted by molar-refractivity contribution is -0.0544. The van der Waals surface area contributed by atoms with Crippen molar-refractivity contribution in [2.75, 3.05) is 31.3 Å². The smallest absolute Gasteiger partial charge is 0.382 e. The van der Waals surface area contributed by atoms with Crippen LogP contribution in [-0.4, -0.2) is 83.3 Å². The molecule has 0 bridgehead atoms. The summed E-state index contributed by atoms with van der Waals surface area (Å²) in [5.41, 5.74) is 13.6. The Balaban J connectivity index is 1.16. The highest BCUT2D eigenvalue weighted by molar-refractivity contribution is 7.53. The minimum atomic E-state index is -3.72. The van der Waals surface area contributed by atoms with Gasteiger partial charge in [-0.2, -0.15) is 0 Å². The number of anilines is 2. The largest absolute Gasteiger partial charge is 0.697 e. The summed E-state index contributed by atoms with van der Waals surface area (Å²) in [5, 5.41) is 0. The van der Waals surface area contributed by atoms with Crippen LogP contribution >= 0.6 is 15.9 Å². The predicted octanol–water partition coefficient (Wildman–Crippen LogP) is 2.36. The number of nitrogens with zero attached hydrogens (tertiary/aromatic N) is 8. The van der Waals surface area contributed by atoms with E-state index >= 15 is 0 Å². The maximum Gasteiger partial charge on any atom is 0.697 e. The number of nitrogen functional groups attached to an aromatic ring is 2. The summed E-state index contributed by atoms with van der Waals surface area (Å²) in [6.07, 6.45) is 2.59. The zero-order valence-corrected chi connectivity index (χ0v) is 25.3. The van der Waals surface area contributed by atoms with Gasteiger partial charge in [0.1, 0.15) is 61.1 Å². The summed E-state index contributed by atoms with van der Waals surface area (Å²) in [6.45, 7) is 6.74. The molecular formula is C24H29N10O8P2+. The first-order valence-corrected chi connectivity index (χ1v) is 16.7. The minimum Gasteiger partial charge on any atom is -0.382 e. The second-order valence-electron chi connectivity index (χ2n) is 10.7. The Morgan fingerprint density at radius 2 is 1.52 bits per heavy atom. The van der Waals surface area contributed by atoms with Gasteiger partial charge >= 0.3 is 15.9 Å². The van der Waals surface area contributed by atoms with E-state index < -0.39 is 64.6 Å². The van der Waals surface area contributed by atoms with E-state index in [0.29, 0.717) is 22.3 Å². The van der Waals surface area contributed by atoms with Crippen molar-refractivity contribution in [3.8, 4) is 0 Å². The summed E-state index contributed by atoms with van der Waals surface area (Å²) in [7, 11) is -6.40. The van der Waals surface area contributed by atoms with Gasteiger partial charge in [0.15, 0.2) is 29.0 Å². The first-order valence-electron chi connectivity index (χ1n) is 13.6. The van der Waals surface area contributed by atoms with Gasteiger partial charge in [-0.15, -0.1) is 15.6 Å². The quantitative estimate of drug-likeness (QED) is 0.240. The highest BCUT2D eigenvalue weighted by Gasteiger charge is 2.53. The van der Waals surface area contributed by atoms with Gasteiger partial charge in [0.05, 0.1) is 25.2 Å². The van der Waals surface area contributed by atoms with E-state index in [0.717, 1.165) is 0 Å². The molecule has 0 saturated carbocycles. The molecular weight excluding hydrogens is 618 g/mol. The monoisotopic (exact) mass is 647 g/mol. The second-order valence-corrected chi connectivity index (χ2v) is 13.6. The molecule has 0 amide bonds. The van der Waals surface area contributed by atoms with E-state index in [1.165, 1.54) is 32.0 Å². The first kappa shape index (κ1) is 29.3. The highest BCUT2D eigenvalue weighted by atomic mass is 31.2. The Kier molecular flexibility index (Phi) is 7.42. The van der Waals surface area contributed by atoms with E-state index in [4.69, 9.17) is 39.0 Å². The molecule has 18 nitrogen and oxygen atoms in total. The van der Waals surface area contributed by atoms with Gasteiger partial charge in [-0.05, 0) is 0 Å². The molecule has 7 heterocycles. The predicted molar refractivity (Wildman–Crippen MR) is 153 cm³/mol. The van der Waals surface area contributed by atoms with Crippen molar-refractivity contribution >= 4 is 49.8 Å². The van der Waals surface area contributed by atoms with Gasteiger partial charge < -0.3 is 30.0 Å². The third-order valence-electron chi connectivity index (χ3n) is 7.97. The standard InChI is InChI=1S/C24H29N10O8P2/c1-4-12-18-14(40-24(12)34-10-32-16-20(26)28-8-30-22(16)34)6-38-44(3,36)42-17-11(2)23(39-13(17)5-37-43(35)41-18)33-9-31-15-19(25)27-7-29-21(15)33/h4,7-14,17-18,23-24H,1,5-6H2,2-3H3,(H2,25,27,29)(H2,26,28,30)/q+1/t11-,12-,13-,14-,17+,18+,23-,24-,44+/m1/s1. The maximum absolute atomic E-state index is 13.7. The molecule has 7 rings (SSSR count). The molecule has 3 fully saturated rings. The van der Waals surface area contributed by atoms with E-state index in [2.05, 4.69) is 36.5 Å². The molecule has 0 radical (unpaired) electrons. The fourth-order valence-electron chi connectivity index (χ4n) is 5.87. The normalized spacial score (nSPS) is 35.6. The summed E-state index contributed by atoms with van der Waals surface area (Å²) in [5.74, 6) is -0.539. The Bertz CT molecular complexity index is 1800. The van der Waals surface area contributed by atoms with Crippen molar-refractivity contribution in [1.29, 1.82) is 0 Å². The molecule has 0 aliphatic carbocycles. The van der Waals surface area contributed by atoms with Crippen LogP contribution in [0.25, 0.3) is 22.3 Å². The highest BCUT2D eigenvalue weighted by Crippen LogP contribution is 2.53. The number of rotatable bonds is 3. The summed E-state index contributed by atoms with van der Waals surface area (Å²) in [6, 6.07) is 0. The molecule has 10 atom stereocenters. The van der Waals surface area contributed by atoms with Crippen LogP contribution in [0.4, 0.5) is 11.6 Å². The summed E-state index contributed by atoms with van der Waals surface area (Å²) in [4.78, 5) is 25.2. The van der Waals surface area contributed by atoms with E-state index in [1.54, 1.807) is 15.2 Å². The zero-order valence-electron chi connectivity index (χ0n) is 23.5. The average Bonchev–Trinajstić information content (AvgIpc) is 3.75. The van der Waals surface area contributed by atoms with Gasteiger partial charge in [-0.3, -0.25) is 13.7 Å². The summed E-state index contributed by atoms with van der Waals surface area (Å²) >= 11 is 0. The number of ether oxygens (including phenoxy) is 2. The lowest BCUT2D eigenvalue weighted by Crippen LogP contribution is -2.34. The van der Waals surface area contributed by atoms with E-state index in [1.807, 2.05) is 6.92 Å². The Labute approximate surface area is 250 Å². The maximum atomic E-state index is 13.7. The van der Waals surface area contributed by atoms with Crippen LogP contribution in [0.1, 0.15) is 19.4 Å². The molecule has 44 heavy (non-hydrogen) atoms. The molecule has 232 valence electrons. The molecule has 4 N–H and O–H groups in total. The number of imidazole rings is 2. The molecule has 4 aromatic rings. The number of hydrogen-bond acceptors (Lipinski definition) is 16. The van der Waals surface area contributed by atoms with Crippen LogP contribution in [0, 0.1) is 11.8 Å². The molecule has 3 aliphatic heterocycles. The number of hydrogen-bond donors (Lipinski definition) is 2. The minimum absolute atomic E-state index is 0.201.